The third-order valence-electron chi connectivity index (χ3n) is 4.35. The predicted octanol–water partition coefficient (Wildman–Crippen LogP) is 4.05. The van der Waals surface area contributed by atoms with Gasteiger partial charge in [-0.2, -0.15) is 0 Å². The summed E-state index contributed by atoms with van der Waals surface area (Å²) in [7, 11) is 0. The molecule has 0 aliphatic carbocycles. The molecule has 0 radical (unpaired) electrons. The molecule has 102 valence electrons. The molecule has 2 nitrogen and oxygen atoms in total. The van der Waals surface area contributed by atoms with Gasteiger partial charge in [0, 0.05) is 28.5 Å². The zero-order valence-corrected chi connectivity index (χ0v) is 13.2. The topological polar surface area (TPSA) is 30.9 Å². The Kier molecular flexibility index (Phi) is 3.44. The van der Waals surface area contributed by atoms with Crippen molar-refractivity contribution in [2.75, 3.05) is 6.54 Å². The van der Waals surface area contributed by atoms with Gasteiger partial charge < -0.3 is 10.3 Å². The van der Waals surface area contributed by atoms with Crippen molar-refractivity contribution in [3.05, 3.63) is 33.9 Å². The van der Waals surface area contributed by atoms with Crippen LogP contribution in [-0.2, 0) is 13.0 Å². The van der Waals surface area contributed by atoms with Crippen molar-refractivity contribution in [2.24, 2.45) is 11.7 Å². The van der Waals surface area contributed by atoms with E-state index in [4.69, 9.17) is 5.73 Å². The molecular formula is C16H21BrN2. The predicted molar refractivity (Wildman–Crippen MR) is 84.6 cm³/mol. The van der Waals surface area contributed by atoms with Crippen LogP contribution >= 0.6 is 15.9 Å². The number of rotatable bonds is 3. The molecule has 1 unspecified atom stereocenters. The van der Waals surface area contributed by atoms with Gasteiger partial charge in [0.25, 0.3) is 0 Å². The SMILES string of the molecule is CC(C)C(CN)c1cn2c3c(cc(Br)cc13)CCC2. The Morgan fingerprint density at radius 1 is 1.37 bits per heavy atom. The largest absolute Gasteiger partial charge is 0.347 e. The molecule has 2 N–H and O–H groups in total. The first kappa shape index (κ1) is 13.2. The summed E-state index contributed by atoms with van der Waals surface area (Å²) in [6, 6.07) is 4.54. The Hall–Kier alpha value is -0.800. The van der Waals surface area contributed by atoms with E-state index < -0.39 is 0 Å². The number of nitrogens with zero attached hydrogens (tertiary/aromatic N) is 1. The van der Waals surface area contributed by atoms with Crippen LogP contribution in [0.25, 0.3) is 10.9 Å². The fourth-order valence-electron chi connectivity index (χ4n) is 3.38. The Bertz CT molecular complexity index is 613. The summed E-state index contributed by atoms with van der Waals surface area (Å²) in [5.41, 5.74) is 10.4. The average molecular weight is 321 g/mol. The Morgan fingerprint density at radius 2 is 2.16 bits per heavy atom. The number of aromatic nitrogens is 1. The maximum Gasteiger partial charge on any atom is 0.0516 e. The Balaban J connectivity index is 2.27. The van der Waals surface area contributed by atoms with Gasteiger partial charge in [-0.15, -0.1) is 0 Å². The highest BCUT2D eigenvalue weighted by atomic mass is 79.9. The van der Waals surface area contributed by atoms with Crippen LogP contribution in [0, 0.1) is 5.92 Å². The van der Waals surface area contributed by atoms with Crippen molar-refractivity contribution in [3.63, 3.8) is 0 Å². The van der Waals surface area contributed by atoms with Crippen LogP contribution in [0.1, 0.15) is 37.3 Å². The van der Waals surface area contributed by atoms with Crippen molar-refractivity contribution >= 4 is 26.8 Å². The van der Waals surface area contributed by atoms with Crippen LogP contribution in [0.15, 0.2) is 22.8 Å². The second-order valence-electron chi connectivity index (χ2n) is 5.93. The summed E-state index contributed by atoms with van der Waals surface area (Å²) < 4.78 is 3.62. The lowest BCUT2D eigenvalue weighted by Gasteiger charge is -2.18. The van der Waals surface area contributed by atoms with E-state index in [1.807, 2.05) is 0 Å². The number of halogens is 1. The van der Waals surface area contributed by atoms with E-state index in [0.29, 0.717) is 11.8 Å². The van der Waals surface area contributed by atoms with Crippen LogP contribution in [0.3, 0.4) is 0 Å². The zero-order chi connectivity index (χ0) is 13.6. The molecule has 0 bridgehead atoms. The molecule has 0 saturated carbocycles. The number of hydrogen-bond acceptors (Lipinski definition) is 1. The van der Waals surface area contributed by atoms with Gasteiger partial charge >= 0.3 is 0 Å². The summed E-state index contributed by atoms with van der Waals surface area (Å²) in [5, 5.41) is 1.40. The van der Waals surface area contributed by atoms with E-state index in [-0.39, 0.29) is 0 Å². The van der Waals surface area contributed by atoms with E-state index in [1.54, 1.807) is 0 Å². The molecule has 1 aromatic heterocycles. The fraction of sp³-hybridized carbons (Fsp3) is 0.500. The molecule has 2 aromatic rings. The first-order valence-electron chi connectivity index (χ1n) is 7.13. The van der Waals surface area contributed by atoms with Crippen LogP contribution in [0.4, 0.5) is 0 Å². The first-order valence-corrected chi connectivity index (χ1v) is 7.92. The van der Waals surface area contributed by atoms with Gasteiger partial charge in [-0.3, -0.25) is 0 Å². The summed E-state index contributed by atoms with van der Waals surface area (Å²) >= 11 is 3.66. The highest BCUT2D eigenvalue weighted by Crippen LogP contribution is 2.37. The third-order valence-corrected chi connectivity index (χ3v) is 4.81. The number of benzene rings is 1. The van der Waals surface area contributed by atoms with Crippen LogP contribution in [0.5, 0.6) is 0 Å². The van der Waals surface area contributed by atoms with Gasteiger partial charge in [-0.25, -0.2) is 0 Å². The number of hydrogen-bond donors (Lipinski definition) is 1. The average Bonchev–Trinajstić information content (AvgIpc) is 2.70. The molecule has 0 fully saturated rings. The molecule has 0 saturated heterocycles. The van der Waals surface area contributed by atoms with E-state index in [1.165, 1.54) is 39.3 Å². The van der Waals surface area contributed by atoms with Gasteiger partial charge in [0.2, 0.25) is 0 Å². The van der Waals surface area contributed by atoms with Crippen LogP contribution < -0.4 is 5.73 Å². The van der Waals surface area contributed by atoms with Crippen LogP contribution in [0.2, 0.25) is 0 Å². The minimum absolute atomic E-state index is 0.448. The van der Waals surface area contributed by atoms with E-state index >= 15 is 0 Å². The summed E-state index contributed by atoms with van der Waals surface area (Å²) in [4.78, 5) is 0. The molecule has 0 spiro atoms. The molecule has 1 aliphatic rings. The lowest BCUT2D eigenvalue weighted by molar-refractivity contribution is 0.507. The van der Waals surface area contributed by atoms with Crippen molar-refractivity contribution in [1.29, 1.82) is 0 Å². The molecule has 2 heterocycles. The third kappa shape index (κ3) is 2.13. The van der Waals surface area contributed by atoms with Crippen molar-refractivity contribution < 1.29 is 0 Å². The Labute approximate surface area is 123 Å². The molecule has 19 heavy (non-hydrogen) atoms. The molecule has 3 heteroatoms. The summed E-state index contributed by atoms with van der Waals surface area (Å²) in [6.07, 6.45) is 4.77. The Morgan fingerprint density at radius 3 is 2.84 bits per heavy atom. The second-order valence-corrected chi connectivity index (χ2v) is 6.84. The highest BCUT2D eigenvalue weighted by molar-refractivity contribution is 9.10. The highest BCUT2D eigenvalue weighted by Gasteiger charge is 2.23. The lowest BCUT2D eigenvalue weighted by atomic mass is 9.88. The fourth-order valence-corrected chi connectivity index (χ4v) is 3.88. The summed E-state index contributed by atoms with van der Waals surface area (Å²) in [6.45, 7) is 6.39. The maximum absolute atomic E-state index is 6.02. The smallest absolute Gasteiger partial charge is 0.0516 e. The van der Waals surface area contributed by atoms with Gasteiger partial charge in [-0.1, -0.05) is 29.8 Å². The second kappa shape index (κ2) is 4.95. The zero-order valence-electron chi connectivity index (χ0n) is 11.6. The lowest BCUT2D eigenvalue weighted by Crippen LogP contribution is -2.17. The molecule has 1 aromatic carbocycles. The molecule has 1 aliphatic heterocycles. The number of aryl methyl sites for hydroxylation is 2. The monoisotopic (exact) mass is 320 g/mol. The molecule has 0 amide bonds. The first-order chi connectivity index (χ1) is 9.11. The van der Waals surface area contributed by atoms with E-state index in [2.05, 4.69) is 52.7 Å². The quantitative estimate of drug-likeness (QED) is 0.908. The molecule has 1 atom stereocenters. The van der Waals surface area contributed by atoms with Gasteiger partial charge in [0.15, 0.2) is 0 Å². The normalized spacial score (nSPS) is 16.3. The molecular weight excluding hydrogens is 300 g/mol. The van der Waals surface area contributed by atoms with E-state index in [9.17, 15) is 0 Å². The van der Waals surface area contributed by atoms with Gasteiger partial charge in [0.1, 0.15) is 0 Å². The summed E-state index contributed by atoms with van der Waals surface area (Å²) in [5.74, 6) is 1.02. The number of nitrogens with two attached hydrogens (primary N) is 1. The van der Waals surface area contributed by atoms with Crippen molar-refractivity contribution in [1.82, 2.24) is 4.57 Å². The minimum Gasteiger partial charge on any atom is -0.347 e. The maximum atomic E-state index is 6.02. The van der Waals surface area contributed by atoms with Crippen LogP contribution in [-0.4, -0.2) is 11.1 Å². The molecule has 3 rings (SSSR count). The minimum atomic E-state index is 0.448. The van der Waals surface area contributed by atoms with Crippen molar-refractivity contribution in [3.8, 4) is 0 Å². The van der Waals surface area contributed by atoms with Crippen molar-refractivity contribution in [2.45, 2.75) is 39.2 Å². The standard InChI is InChI=1S/C16H21BrN2/c1-10(2)14(8-18)15-9-19-5-3-4-11-6-12(17)7-13(15)16(11)19/h6-7,9-10,14H,3-5,8,18H2,1-2H3. The van der Waals surface area contributed by atoms with E-state index in [0.717, 1.165) is 13.1 Å². The van der Waals surface area contributed by atoms with Gasteiger partial charge in [0.05, 0.1) is 5.52 Å². The van der Waals surface area contributed by atoms with Gasteiger partial charge in [-0.05, 0) is 48.6 Å².